The molecule has 1 N–H and O–H groups in total. The molecule has 0 bridgehead atoms. The summed E-state index contributed by atoms with van der Waals surface area (Å²) in [5.41, 5.74) is 0.725. The molecule has 7 heteroatoms. The number of rotatable bonds is 4. The zero-order valence-corrected chi connectivity index (χ0v) is 12.5. The zero-order chi connectivity index (χ0) is 12.3. The molecule has 0 aliphatic heterocycles. The summed E-state index contributed by atoms with van der Waals surface area (Å²) in [6.45, 7) is 1.19. The third kappa shape index (κ3) is 4.47. The van der Waals surface area contributed by atoms with E-state index in [0.29, 0.717) is 12.1 Å². The van der Waals surface area contributed by atoms with Gasteiger partial charge in [-0.25, -0.2) is 4.98 Å². The van der Waals surface area contributed by atoms with Crippen LogP contribution in [0.3, 0.4) is 0 Å². The van der Waals surface area contributed by atoms with Gasteiger partial charge in [0.15, 0.2) is 0 Å². The normalized spacial score (nSPS) is 10.1. The maximum atomic E-state index is 12.1. The minimum atomic E-state index is -0.0122. The van der Waals surface area contributed by atoms with Crippen LogP contribution in [-0.4, -0.2) is 35.2 Å². The van der Waals surface area contributed by atoms with Crippen molar-refractivity contribution in [2.75, 3.05) is 20.8 Å². The molecule has 0 aliphatic carbocycles. The second kappa shape index (κ2) is 8.12. The Bertz CT molecular complexity index is 571. The smallest absolute Gasteiger partial charge is 0.262 e. The molecular weight excluding hydrogens is 287 g/mol. The summed E-state index contributed by atoms with van der Waals surface area (Å²) in [5.74, 6) is 0. The SMILES string of the molecule is CN(C)CNCn1cnc2ccccc2c1=O.Cl.Cl. The number of fused-ring (bicyclic) bond motifs is 1. The molecule has 0 fully saturated rings. The van der Waals surface area contributed by atoms with E-state index in [-0.39, 0.29) is 30.4 Å². The Labute approximate surface area is 124 Å². The minimum absolute atomic E-state index is 0. The third-order valence-corrected chi connectivity index (χ3v) is 2.44. The van der Waals surface area contributed by atoms with E-state index in [1.54, 1.807) is 17.0 Å². The minimum Gasteiger partial charge on any atom is -0.297 e. The second-order valence-corrected chi connectivity index (χ2v) is 4.18. The molecule has 5 nitrogen and oxygen atoms in total. The summed E-state index contributed by atoms with van der Waals surface area (Å²) < 4.78 is 1.58. The fourth-order valence-electron chi connectivity index (χ4n) is 1.61. The lowest BCUT2D eigenvalue weighted by molar-refractivity contribution is 0.345. The summed E-state index contributed by atoms with van der Waals surface area (Å²) in [6, 6.07) is 7.37. The standard InChI is InChI=1S/C12H16N4O.2ClH/c1-15(2)7-13-8-16-9-14-11-6-4-3-5-10(11)12(16)17;;/h3-6,9,13H,7-8H2,1-2H3;2*1H. The largest absolute Gasteiger partial charge is 0.297 e. The number of hydrogen-bond acceptors (Lipinski definition) is 4. The molecule has 0 unspecified atom stereocenters. The number of halogens is 2. The van der Waals surface area contributed by atoms with Crippen LogP contribution in [0.2, 0.25) is 0 Å². The molecule has 0 aliphatic rings. The van der Waals surface area contributed by atoms with Crippen molar-refractivity contribution < 1.29 is 0 Å². The lowest BCUT2D eigenvalue weighted by Gasteiger charge is -2.12. The molecule has 0 saturated heterocycles. The van der Waals surface area contributed by atoms with Crippen LogP contribution in [0.4, 0.5) is 0 Å². The van der Waals surface area contributed by atoms with Gasteiger partial charge in [0.25, 0.3) is 5.56 Å². The van der Waals surface area contributed by atoms with Crippen LogP contribution in [-0.2, 0) is 6.67 Å². The number of nitrogens with one attached hydrogen (secondary N) is 1. The van der Waals surface area contributed by atoms with E-state index >= 15 is 0 Å². The van der Waals surface area contributed by atoms with Crippen LogP contribution in [0.25, 0.3) is 10.9 Å². The van der Waals surface area contributed by atoms with Crippen LogP contribution >= 0.6 is 24.8 Å². The molecule has 0 amide bonds. The molecule has 0 saturated carbocycles. The van der Waals surface area contributed by atoms with Crippen LogP contribution in [0.15, 0.2) is 35.4 Å². The number of hydrogen-bond donors (Lipinski definition) is 1. The average Bonchev–Trinajstić information content (AvgIpc) is 2.32. The molecule has 106 valence electrons. The Morgan fingerprint density at radius 1 is 1.26 bits per heavy atom. The average molecular weight is 305 g/mol. The quantitative estimate of drug-likeness (QED) is 0.865. The zero-order valence-electron chi connectivity index (χ0n) is 10.9. The van der Waals surface area contributed by atoms with Crippen molar-refractivity contribution in [3.8, 4) is 0 Å². The highest BCUT2D eigenvalue weighted by molar-refractivity contribution is 5.85. The van der Waals surface area contributed by atoms with Crippen molar-refractivity contribution in [1.29, 1.82) is 0 Å². The van der Waals surface area contributed by atoms with Crippen LogP contribution in [0.5, 0.6) is 0 Å². The highest BCUT2D eigenvalue weighted by Crippen LogP contribution is 2.03. The van der Waals surface area contributed by atoms with Crippen LogP contribution in [0.1, 0.15) is 0 Å². The van der Waals surface area contributed by atoms with Gasteiger partial charge in [0.2, 0.25) is 0 Å². The summed E-state index contributed by atoms with van der Waals surface area (Å²) in [4.78, 5) is 18.3. The van der Waals surface area contributed by atoms with Gasteiger partial charge in [-0.15, -0.1) is 24.8 Å². The lowest BCUT2D eigenvalue weighted by atomic mass is 10.2. The molecule has 1 heterocycles. The van der Waals surface area contributed by atoms with Crippen molar-refractivity contribution in [2.45, 2.75) is 6.67 Å². The van der Waals surface area contributed by atoms with Crippen molar-refractivity contribution >= 4 is 35.7 Å². The lowest BCUT2D eigenvalue weighted by Crippen LogP contribution is -2.33. The van der Waals surface area contributed by atoms with Gasteiger partial charge in [-0.2, -0.15) is 0 Å². The number of benzene rings is 1. The van der Waals surface area contributed by atoms with Gasteiger partial charge in [-0.3, -0.25) is 19.6 Å². The van der Waals surface area contributed by atoms with Crippen molar-refractivity contribution in [2.24, 2.45) is 0 Å². The van der Waals surface area contributed by atoms with E-state index in [1.807, 2.05) is 37.2 Å². The molecule has 2 rings (SSSR count). The predicted octanol–water partition coefficient (Wildman–Crippen LogP) is 1.31. The maximum Gasteiger partial charge on any atom is 0.262 e. The fourth-order valence-corrected chi connectivity index (χ4v) is 1.61. The first kappa shape index (κ1) is 17.9. The monoisotopic (exact) mass is 304 g/mol. The Balaban J connectivity index is 0.00000162. The summed E-state index contributed by atoms with van der Waals surface area (Å²) >= 11 is 0. The van der Waals surface area contributed by atoms with Crippen molar-refractivity contribution in [3.63, 3.8) is 0 Å². The van der Waals surface area contributed by atoms with Crippen molar-refractivity contribution in [1.82, 2.24) is 19.8 Å². The first-order valence-electron chi connectivity index (χ1n) is 5.48. The predicted molar refractivity (Wildman–Crippen MR) is 82.2 cm³/mol. The molecule has 2 aromatic rings. The number of nitrogens with zero attached hydrogens (tertiary/aromatic N) is 3. The van der Waals surface area contributed by atoms with Gasteiger partial charge < -0.3 is 0 Å². The molecule has 19 heavy (non-hydrogen) atoms. The van der Waals surface area contributed by atoms with E-state index in [1.165, 1.54) is 0 Å². The summed E-state index contributed by atoms with van der Waals surface area (Å²) in [5, 5.41) is 3.81. The highest BCUT2D eigenvalue weighted by atomic mass is 35.5. The first-order chi connectivity index (χ1) is 8.18. The number of aromatic nitrogens is 2. The van der Waals surface area contributed by atoms with E-state index in [2.05, 4.69) is 10.3 Å². The molecule has 0 spiro atoms. The molecular formula is C12H18Cl2N4O. The second-order valence-electron chi connectivity index (χ2n) is 4.18. The van der Waals surface area contributed by atoms with Crippen molar-refractivity contribution in [3.05, 3.63) is 40.9 Å². The Kier molecular flexibility index (Phi) is 7.63. The van der Waals surface area contributed by atoms with E-state index < -0.39 is 0 Å². The molecule has 0 atom stereocenters. The van der Waals surface area contributed by atoms with E-state index in [9.17, 15) is 4.79 Å². The Morgan fingerprint density at radius 2 is 1.95 bits per heavy atom. The Hall–Kier alpha value is -1.14. The van der Waals surface area contributed by atoms with Gasteiger partial charge in [-0.1, -0.05) is 12.1 Å². The van der Waals surface area contributed by atoms with Gasteiger partial charge in [0, 0.05) is 6.67 Å². The maximum absolute atomic E-state index is 12.1. The molecule has 0 radical (unpaired) electrons. The van der Waals surface area contributed by atoms with E-state index in [4.69, 9.17) is 0 Å². The summed E-state index contributed by atoms with van der Waals surface area (Å²) in [7, 11) is 3.93. The van der Waals surface area contributed by atoms with Crippen LogP contribution in [0, 0.1) is 0 Å². The molecule has 1 aromatic heterocycles. The third-order valence-electron chi connectivity index (χ3n) is 2.44. The highest BCUT2D eigenvalue weighted by Gasteiger charge is 2.02. The van der Waals surface area contributed by atoms with Gasteiger partial charge >= 0.3 is 0 Å². The Morgan fingerprint density at radius 3 is 2.63 bits per heavy atom. The summed E-state index contributed by atoms with van der Waals surface area (Å²) in [6.07, 6.45) is 1.58. The number of para-hydroxylation sites is 1. The van der Waals surface area contributed by atoms with Gasteiger partial charge in [0.1, 0.15) is 0 Å². The van der Waals surface area contributed by atoms with E-state index in [0.717, 1.165) is 12.2 Å². The topological polar surface area (TPSA) is 50.2 Å². The van der Waals surface area contributed by atoms with Gasteiger partial charge in [-0.05, 0) is 26.2 Å². The van der Waals surface area contributed by atoms with Gasteiger partial charge in [0.05, 0.1) is 23.9 Å². The first-order valence-corrected chi connectivity index (χ1v) is 5.48. The fraction of sp³-hybridized carbons (Fsp3) is 0.333. The molecule has 1 aromatic carbocycles. The van der Waals surface area contributed by atoms with Crippen LogP contribution < -0.4 is 10.9 Å².